The number of H-pyrrole nitrogens is 1. The van der Waals surface area contributed by atoms with Crippen molar-refractivity contribution in [2.45, 2.75) is 50.5 Å². The van der Waals surface area contributed by atoms with E-state index in [1.165, 1.54) is 16.8 Å². The number of rotatable bonds is 4. The van der Waals surface area contributed by atoms with Gasteiger partial charge in [0, 0.05) is 24.9 Å². The summed E-state index contributed by atoms with van der Waals surface area (Å²) < 4.78 is 5.35. The van der Waals surface area contributed by atoms with Crippen LogP contribution in [0.15, 0.2) is 36.5 Å². The first-order valence-electron chi connectivity index (χ1n) is 9.36. The molecule has 25 heavy (non-hydrogen) atoms. The quantitative estimate of drug-likeness (QED) is 0.908. The molecule has 1 aromatic carbocycles. The maximum absolute atomic E-state index is 13.0. The monoisotopic (exact) mass is 338 g/mol. The fraction of sp³-hybridized carbons (Fsp3) is 0.476. The molecule has 1 saturated heterocycles. The van der Waals surface area contributed by atoms with E-state index in [0.717, 1.165) is 44.4 Å². The molecule has 4 nitrogen and oxygen atoms in total. The van der Waals surface area contributed by atoms with Crippen LogP contribution in [0.3, 0.4) is 0 Å². The van der Waals surface area contributed by atoms with Crippen molar-refractivity contribution in [3.05, 3.63) is 53.3 Å². The van der Waals surface area contributed by atoms with E-state index >= 15 is 0 Å². The van der Waals surface area contributed by atoms with Crippen molar-refractivity contribution in [2.75, 3.05) is 13.7 Å². The summed E-state index contributed by atoms with van der Waals surface area (Å²) in [5.74, 6) is 1.55. The molecule has 1 fully saturated rings. The predicted molar refractivity (Wildman–Crippen MR) is 97.8 cm³/mol. The number of aromatic amines is 1. The lowest BCUT2D eigenvalue weighted by atomic mass is 9.80. The summed E-state index contributed by atoms with van der Waals surface area (Å²) >= 11 is 0. The zero-order chi connectivity index (χ0) is 17.2. The second-order valence-electron chi connectivity index (χ2n) is 7.23. The van der Waals surface area contributed by atoms with Gasteiger partial charge in [-0.25, -0.2) is 0 Å². The van der Waals surface area contributed by atoms with Gasteiger partial charge in [0.1, 0.15) is 5.75 Å². The van der Waals surface area contributed by atoms with E-state index in [0.29, 0.717) is 18.2 Å². The topological polar surface area (TPSA) is 45.3 Å². The highest BCUT2D eigenvalue weighted by Crippen LogP contribution is 2.38. The molecule has 0 radical (unpaired) electrons. The number of ether oxygens (including phenoxy) is 1. The Morgan fingerprint density at radius 3 is 3.00 bits per heavy atom. The minimum absolute atomic E-state index is 0.224. The van der Waals surface area contributed by atoms with Crippen LogP contribution in [-0.2, 0) is 11.2 Å². The summed E-state index contributed by atoms with van der Waals surface area (Å²) in [5, 5.41) is 0. The van der Waals surface area contributed by atoms with Gasteiger partial charge < -0.3 is 14.6 Å². The SMILES string of the molecule is COc1ccc2c(c1)CCC[C@@H]2CC(=O)N1CCC[C@H]1c1ccc[nH]1. The Morgan fingerprint density at radius 2 is 2.20 bits per heavy atom. The third kappa shape index (κ3) is 3.17. The van der Waals surface area contributed by atoms with E-state index in [-0.39, 0.29) is 6.04 Å². The van der Waals surface area contributed by atoms with Crippen LogP contribution >= 0.6 is 0 Å². The molecule has 0 unspecified atom stereocenters. The molecule has 0 bridgehead atoms. The fourth-order valence-electron chi connectivity index (χ4n) is 4.50. The lowest BCUT2D eigenvalue weighted by molar-refractivity contribution is -0.132. The number of benzene rings is 1. The third-order valence-electron chi connectivity index (χ3n) is 5.76. The first-order valence-corrected chi connectivity index (χ1v) is 9.36. The van der Waals surface area contributed by atoms with Gasteiger partial charge in [-0.1, -0.05) is 6.07 Å². The highest BCUT2D eigenvalue weighted by molar-refractivity contribution is 5.78. The number of hydrogen-bond acceptors (Lipinski definition) is 2. The number of carbonyl (C=O) groups excluding carboxylic acids is 1. The summed E-state index contributed by atoms with van der Waals surface area (Å²) in [4.78, 5) is 18.4. The van der Waals surface area contributed by atoms with Crippen molar-refractivity contribution in [2.24, 2.45) is 0 Å². The number of carbonyl (C=O) groups is 1. The molecule has 2 atom stereocenters. The van der Waals surface area contributed by atoms with Gasteiger partial charge in [0.05, 0.1) is 13.2 Å². The Labute approximate surface area is 149 Å². The minimum Gasteiger partial charge on any atom is -0.497 e. The number of fused-ring (bicyclic) bond motifs is 1. The molecule has 1 aliphatic carbocycles. The van der Waals surface area contributed by atoms with E-state index in [4.69, 9.17) is 4.74 Å². The second-order valence-corrected chi connectivity index (χ2v) is 7.23. The van der Waals surface area contributed by atoms with Crippen LogP contribution in [0.4, 0.5) is 0 Å². The fourth-order valence-corrected chi connectivity index (χ4v) is 4.50. The maximum Gasteiger partial charge on any atom is 0.223 e. The number of nitrogens with zero attached hydrogens (tertiary/aromatic N) is 1. The predicted octanol–water partition coefficient (Wildman–Crippen LogP) is 4.20. The summed E-state index contributed by atoms with van der Waals surface area (Å²) in [6.07, 6.45) is 8.06. The van der Waals surface area contributed by atoms with Crippen molar-refractivity contribution >= 4 is 5.91 Å². The normalized spacial score (nSPS) is 22.7. The zero-order valence-corrected chi connectivity index (χ0v) is 14.8. The molecule has 4 heteroatoms. The molecule has 132 valence electrons. The van der Waals surface area contributed by atoms with Gasteiger partial charge >= 0.3 is 0 Å². The Kier molecular flexibility index (Phi) is 4.51. The Bertz CT molecular complexity index is 738. The number of hydrogen-bond donors (Lipinski definition) is 1. The Hall–Kier alpha value is -2.23. The average molecular weight is 338 g/mol. The minimum atomic E-state index is 0.224. The van der Waals surface area contributed by atoms with E-state index in [1.54, 1.807) is 7.11 Å². The second kappa shape index (κ2) is 6.95. The number of likely N-dealkylation sites (tertiary alicyclic amines) is 1. The summed E-state index contributed by atoms with van der Waals surface area (Å²) in [6, 6.07) is 10.7. The number of aromatic nitrogens is 1. The number of nitrogens with one attached hydrogen (secondary N) is 1. The molecule has 2 heterocycles. The van der Waals surface area contributed by atoms with Gasteiger partial charge in [0.2, 0.25) is 5.91 Å². The maximum atomic E-state index is 13.0. The average Bonchev–Trinajstić information content (AvgIpc) is 3.32. The van der Waals surface area contributed by atoms with Crippen LogP contribution in [0.5, 0.6) is 5.75 Å². The highest BCUT2D eigenvalue weighted by Gasteiger charge is 2.32. The van der Waals surface area contributed by atoms with Gasteiger partial charge in [-0.15, -0.1) is 0 Å². The molecule has 1 amide bonds. The van der Waals surface area contributed by atoms with Gasteiger partial charge in [-0.05, 0) is 73.4 Å². The van der Waals surface area contributed by atoms with E-state index in [2.05, 4.69) is 28.1 Å². The smallest absolute Gasteiger partial charge is 0.223 e. The molecule has 1 N–H and O–H groups in total. The molecular weight excluding hydrogens is 312 g/mol. The van der Waals surface area contributed by atoms with Crippen LogP contribution in [0.2, 0.25) is 0 Å². The van der Waals surface area contributed by atoms with Gasteiger partial charge in [-0.3, -0.25) is 4.79 Å². The molecule has 4 rings (SSSR count). The van der Waals surface area contributed by atoms with Gasteiger partial charge in [0.15, 0.2) is 0 Å². The lowest BCUT2D eigenvalue weighted by Gasteiger charge is -2.29. The summed E-state index contributed by atoms with van der Waals surface area (Å²) in [5.41, 5.74) is 3.86. The Balaban J connectivity index is 1.50. The van der Waals surface area contributed by atoms with E-state index < -0.39 is 0 Å². The van der Waals surface area contributed by atoms with Crippen molar-refractivity contribution in [1.82, 2.24) is 9.88 Å². The van der Waals surface area contributed by atoms with E-state index in [1.807, 2.05) is 18.3 Å². The standard InChI is InChI=1S/C21H26N2O2/c1-25-17-9-10-18-15(13-17)5-2-6-16(18)14-21(24)23-12-4-8-20(23)19-7-3-11-22-19/h3,7,9-11,13,16,20,22H,2,4-6,8,12,14H2,1H3/t16-,20+/m1/s1. The third-order valence-corrected chi connectivity index (χ3v) is 5.76. The summed E-state index contributed by atoms with van der Waals surface area (Å²) in [6.45, 7) is 0.880. The molecule has 1 aliphatic heterocycles. The van der Waals surface area contributed by atoms with Crippen molar-refractivity contribution < 1.29 is 9.53 Å². The van der Waals surface area contributed by atoms with Crippen molar-refractivity contribution in [1.29, 1.82) is 0 Å². The number of amides is 1. The van der Waals surface area contributed by atoms with Crippen molar-refractivity contribution in [3.8, 4) is 5.75 Å². The Morgan fingerprint density at radius 1 is 1.28 bits per heavy atom. The first-order chi connectivity index (χ1) is 12.3. The number of methoxy groups -OCH3 is 1. The largest absolute Gasteiger partial charge is 0.497 e. The van der Waals surface area contributed by atoms with Crippen LogP contribution in [0.25, 0.3) is 0 Å². The van der Waals surface area contributed by atoms with E-state index in [9.17, 15) is 4.79 Å². The van der Waals surface area contributed by atoms with Gasteiger partial charge in [0.25, 0.3) is 0 Å². The molecule has 2 aliphatic rings. The highest BCUT2D eigenvalue weighted by atomic mass is 16.5. The zero-order valence-electron chi connectivity index (χ0n) is 14.8. The molecule has 0 spiro atoms. The molecule has 0 saturated carbocycles. The number of aryl methyl sites for hydroxylation is 1. The molecule has 2 aromatic rings. The van der Waals surface area contributed by atoms with Crippen LogP contribution in [-0.4, -0.2) is 29.4 Å². The van der Waals surface area contributed by atoms with Crippen LogP contribution < -0.4 is 4.74 Å². The van der Waals surface area contributed by atoms with Crippen LogP contribution in [0.1, 0.15) is 60.9 Å². The van der Waals surface area contributed by atoms with Crippen molar-refractivity contribution in [3.63, 3.8) is 0 Å². The lowest BCUT2D eigenvalue weighted by Crippen LogP contribution is -2.32. The molecular formula is C21H26N2O2. The first kappa shape index (κ1) is 16.2. The molecule has 1 aromatic heterocycles. The summed E-state index contributed by atoms with van der Waals surface area (Å²) in [7, 11) is 1.71. The van der Waals surface area contributed by atoms with Gasteiger partial charge in [-0.2, -0.15) is 0 Å². The van der Waals surface area contributed by atoms with Crippen LogP contribution in [0, 0.1) is 0 Å².